The smallest absolute Gasteiger partial charge is 0.317 e. The number of nitrogens with two attached hydrogens (primary N) is 1. The molecule has 1 saturated heterocycles. The molecule has 7 heteroatoms. The summed E-state index contributed by atoms with van der Waals surface area (Å²) in [5.74, 6) is -1.22. The van der Waals surface area contributed by atoms with E-state index in [1.807, 2.05) is 0 Å². The van der Waals surface area contributed by atoms with Crippen molar-refractivity contribution >= 4 is 17.9 Å². The van der Waals surface area contributed by atoms with Gasteiger partial charge in [-0.15, -0.1) is 0 Å². The van der Waals surface area contributed by atoms with E-state index < -0.39 is 5.97 Å². The third-order valence-electron chi connectivity index (χ3n) is 3.17. The molecular weight excluding hydrogens is 250 g/mol. The zero-order valence-electron chi connectivity index (χ0n) is 10.9. The molecule has 0 aromatic carbocycles. The maximum atomic E-state index is 11.9. The molecule has 0 saturated carbocycles. The van der Waals surface area contributed by atoms with Gasteiger partial charge in [0.25, 0.3) is 0 Å². The predicted molar refractivity (Wildman–Crippen MR) is 68.4 cm³/mol. The summed E-state index contributed by atoms with van der Waals surface area (Å²) in [7, 11) is 0. The monoisotopic (exact) mass is 271 g/mol. The highest BCUT2D eigenvalue weighted by molar-refractivity contribution is 5.76. The van der Waals surface area contributed by atoms with Gasteiger partial charge in [0.15, 0.2) is 0 Å². The lowest BCUT2D eigenvalue weighted by Crippen LogP contribution is -2.43. The lowest BCUT2D eigenvalue weighted by Gasteiger charge is -2.23. The Labute approximate surface area is 112 Å². The van der Waals surface area contributed by atoms with Gasteiger partial charge < -0.3 is 21.1 Å². The van der Waals surface area contributed by atoms with E-state index in [0.29, 0.717) is 32.4 Å². The Kier molecular flexibility index (Phi) is 6.11. The van der Waals surface area contributed by atoms with Crippen LogP contribution in [-0.2, 0) is 9.59 Å². The van der Waals surface area contributed by atoms with Crippen molar-refractivity contribution in [2.45, 2.75) is 44.6 Å². The van der Waals surface area contributed by atoms with Crippen molar-refractivity contribution in [3.8, 4) is 0 Å². The van der Waals surface area contributed by atoms with E-state index in [-0.39, 0.29) is 24.4 Å². The first-order valence-corrected chi connectivity index (χ1v) is 6.55. The van der Waals surface area contributed by atoms with Crippen LogP contribution in [0.25, 0.3) is 0 Å². The number of unbranched alkanes of at least 4 members (excludes halogenated alkanes) is 1. The average Bonchev–Trinajstić information content (AvgIpc) is 2.75. The molecule has 1 atom stereocenters. The first-order valence-electron chi connectivity index (χ1n) is 6.55. The number of urea groups is 1. The quantitative estimate of drug-likeness (QED) is 0.577. The summed E-state index contributed by atoms with van der Waals surface area (Å²) in [6.07, 6.45) is 3.23. The van der Waals surface area contributed by atoms with E-state index in [2.05, 4.69) is 5.32 Å². The first-order chi connectivity index (χ1) is 9.00. The summed E-state index contributed by atoms with van der Waals surface area (Å²) >= 11 is 0. The number of carboxylic acid groups (broad SMARTS) is 1. The van der Waals surface area contributed by atoms with Gasteiger partial charge in [-0.1, -0.05) is 0 Å². The molecule has 0 aliphatic carbocycles. The molecule has 1 unspecified atom stereocenters. The second kappa shape index (κ2) is 7.60. The molecule has 1 fully saturated rings. The fourth-order valence-electron chi connectivity index (χ4n) is 2.24. The normalized spacial score (nSPS) is 18.3. The zero-order chi connectivity index (χ0) is 14.3. The van der Waals surface area contributed by atoms with Gasteiger partial charge in [0.2, 0.25) is 5.91 Å². The molecule has 7 nitrogen and oxygen atoms in total. The summed E-state index contributed by atoms with van der Waals surface area (Å²) in [6.45, 7) is 1.08. The molecule has 4 N–H and O–H groups in total. The Morgan fingerprint density at radius 3 is 2.68 bits per heavy atom. The lowest BCUT2D eigenvalue weighted by atomic mass is 10.1. The van der Waals surface area contributed by atoms with Gasteiger partial charge in [-0.2, -0.15) is 0 Å². The topological polar surface area (TPSA) is 113 Å². The molecule has 0 spiro atoms. The number of likely N-dealkylation sites (tertiary alicyclic amines) is 1. The number of nitrogens with one attached hydrogen (secondary N) is 1. The zero-order valence-corrected chi connectivity index (χ0v) is 10.9. The minimum Gasteiger partial charge on any atom is -0.481 e. The Morgan fingerprint density at radius 2 is 2.05 bits per heavy atom. The van der Waals surface area contributed by atoms with E-state index in [1.165, 1.54) is 0 Å². The SMILES string of the molecule is NC(=O)CCCCNC(=O)N1CCCC1CC(=O)O. The van der Waals surface area contributed by atoms with Gasteiger partial charge in [-0.25, -0.2) is 4.79 Å². The van der Waals surface area contributed by atoms with Crippen LogP contribution < -0.4 is 11.1 Å². The largest absolute Gasteiger partial charge is 0.481 e. The molecule has 0 aromatic heterocycles. The molecule has 19 heavy (non-hydrogen) atoms. The summed E-state index contributed by atoms with van der Waals surface area (Å²) < 4.78 is 0. The summed E-state index contributed by atoms with van der Waals surface area (Å²) in [5.41, 5.74) is 5.01. The standard InChI is InChI=1S/C12H21N3O4/c13-10(16)5-1-2-6-14-12(19)15-7-3-4-9(15)8-11(17)18/h9H,1-8H2,(H2,13,16)(H,14,19)(H,17,18). The van der Waals surface area contributed by atoms with E-state index in [0.717, 1.165) is 12.8 Å². The molecule has 1 aliphatic heterocycles. The minimum absolute atomic E-state index is 0.00487. The van der Waals surface area contributed by atoms with Crippen LogP contribution in [0.3, 0.4) is 0 Å². The van der Waals surface area contributed by atoms with Crippen LogP contribution in [-0.4, -0.2) is 47.0 Å². The van der Waals surface area contributed by atoms with Gasteiger partial charge in [0.1, 0.15) is 0 Å². The van der Waals surface area contributed by atoms with E-state index >= 15 is 0 Å². The van der Waals surface area contributed by atoms with Crippen molar-refractivity contribution in [2.75, 3.05) is 13.1 Å². The average molecular weight is 271 g/mol. The highest BCUT2D eigenvalue weighted by Crippen LogP contribution is 2.19. The number of primary amides is 1. The maximum absolute atomic E-state index is 11.9. The molecule has 1 rings (SSSR count). The van der Waals surface area contributed by atoms with Crippen molar-refractivity contribution in [3.05, 3.63) is 0 Å². The number of carbonyl (C=O) groups is 3. The van der Waals surface area contributed by atoms with Crippen LogP contribution in [0.2, 0.25) is 0 Å². The number of aliphatic carboxylic acids is 1. The number of amides is 3. The maximum Gasteiger partial charge on any atom is 0.317 e. The minimum atomic E-state index is -0.883. The Hall–Kier alpha value is -1.79. The summed E-state index contributed by atoms with van der Waals surface area (Å²) in [4.78, 5) is 34.7. The Bertz CT molecular complexity index is 346. The van der Waals surface area contributed by atoms with E-state index in [4.69, 9.17) is 10.8 Å². The number of hydrogen-bond donors (Lipinski definition) is 3. The number of rotatable bonds is 7. The van der Waals surface area contributed by atoms with Crippen LogP contribution in [0, 0.1) is 0 Å². The Balaban J connectivity index is 2.24. The summed E-state index contributed by atoms with van der Waals surface area (Å²) in [5, 5.41) is 11.5. The number of carbonyl (C=O) groups excluding carboxylic acids is 2. The van der Waals surface area contributed by atoms with Crippen molar-refractivity contribution < 1.29 is 19.5 Å². The molecule has 1 aliphatic rings. The molecule has 1 heterocycles. The van der Waals surface area contributed by atoms with Crippen molar-refractivity contribution in [1.29, 1.82) is 0 Å². The van der Waals surface area contributed by atoms with Crippen LogP contribution in [0.15, 0.2) is 0 Å². The first kappa shape index (κ1) is 15.3. The molecular formula is C12H21N3O4. The molecule has 3 amide bonds. The highest BCUT2D eigenvalue weighted by atomic mass is 16.4. The molecule has 108 valence electrons. The number of carboxylic acids is 1. The molecule has 0 aromatic rings. The summed E-state index contributed by atoms with van der Waals surface area (Å²) in [6, 6.07) is -0.425. The third-order valence-corrected chi connectivity index (χ3v) is 3.17. The fraction of sp³-hybridized carbons (Fsp3) is 0.750. The van der Waals surface area contributed by atoms with Crippen LogP contribution in [0.1, 0.15) is 38.5 Å². The third kappa shape index (κ3) is 5.58. The Morgan fingerprint density at radius 1 is 1.32 bits per heavy atom. The second-order valence-electron chi connectivity index (χ2n) is 4.74. The van der Waals surface area contributed by atoms with Crippen LogP contribution in [0.4, 0.5) is 4.79 Å². The molecule has 0 radical (unpaired) electrons. The predicted octanol–water partition coefficient (Wildman–Crippen LogP) is 0.291. The van der Waals surface area contributed by atoms with E-state index in [9.17, 15) is 14.4 Å². The van der Waals surface area contributed by atoms with Gasteiger partial charge >= 0.3 is 12.0 Å². The van der Waals surface area contributed by atoms with Crippen LogP contribution >= 0.6 is 0 Å². The second-order valence-corrected chi connectivity index (χ2v) is 4.74. The number of nitrogens with zero attached hydrogens (tertiary/aromatic N) is 1. The van der Waals surface area contributed by atoms with E-state index in [1.54, 1.807) is 4.90 Å². The van der Waals surface area contributed by atoms with Crippen molar-refractivity contribution in [1.82, 2.24) is 10.2 Å². The number of hydrogen-bond acceptors (Lipinski definition) is 3. The molecule has 0 bridgehead atoms. The fourth-order valence-corrected chi connectivity index (χ4v) is 2.24. The van der Waals surface area contributed by atoms with Gasteiger partial charge in [0, 0.05) is 25.6 Å². The van der Waals surface area contributed by atoms with Crippen molar-refractivity contribution in [2.24, 2.45) is 5.73 Å². The van der Waals surface area contributed by atoms with Gasteiger partial charge in [-0.05, 0) is 25.7 Å². The lowest BCUT2D eigenvalue weighted by molar-refractivity contribution is -0.138. The van der Waals surface area contributed by atoms with Gasteiger partial charge in [-0.3, -0.25) is 9.59 Å². The van der Waals surface area contributed by atoms with Gasteiger partial charge in [0.05, 0.1) is 6.42 Å². The van der Waals surface area contributed by atoms with Crippen molar-refractivity contribution in [3.63, 3.8) is 0 Å². The highest BCUT2D eigenvalue weighted by Gasteiger charge is 2.29. The van der Waals surface area contributed by atoms with Crippen LogP contribution in [0.5, 0.6) is 0 Å².